The number of benzene rings is 1. The summed E-state index contributed by atoms with van der Waals surface area (Å²) in [6.45, 7) is 15.1. The Morgan fingerprint density at radius 3 is 2.29 bits per heavy atom. The Morgan fingerprint density at radius 2 is 1.68 bits per heavy atom. The molecular formula is C23H26N4S. The Kier molecular flexibility index (Phi) is 4.38. The molecule has 0 aliphatic carbocycles. The summed E-state index contributed by atoms with van der Waals surface area (Å²) in [6.07, 6.45) is 1.86. The minimum absolute atomic E-state index is 0.0776. The van der Waals surface area contributed by atoms with Gasteiger partial charge in [-0.1, -0.05) is 38.5 Å². The van der Waals surface area contributed by atoms with E-state index in [1.54, 1.807) is 11.3 Å². The van der Waals surface area contributed by atoms with Crippen LogP contribution in [0.15, 0.2) is 24.4 Å². The first-order valence-corrected chi connectivity index (χ1v) is 10.4. The number of fused-ring (bicyclic) bond motifs is 1. The molecule has 0 saturated heterocycles. The lowest BCUT2D eigenvalue weighted by molar-refractivity contribution is 0.548. The Balaban J connectivity index is 1.94. The van der Waals surface area contributed by atoms with Crippen molar-refractivity contribution in [2.24, 2.45) is 0 Å². The van der Waals surface area contributed by atoms with Crippen LogP contribution in [0.2, 0.25) is 0 Å². The van der Waals surface area contributed by atoms with Crippen LogP contribution in [-0.4, -0.2) is 20.2 Å². The number of H-pyrrole nitrogens is 1. The average molecular weight is 391 g/mol. The zero-order valence-electron chi connectivity index (χ0n) is 17.6. The van der Waals surface area contributed by atoms with Crippen molar-refractivity contribution in [2.45, 2.75) is 53.9 Å². The number of aromatic nitrogens is 4. The van der Waals surface area contributed by atoms with Crippen molar-refractivity contribution < 1.29 is 0 Å². The van der Waals surface area contributed by atoms with Gasteiger partial charge in [-0.25, -0.2) is 4.98 Å². The highest BCUT2D eigenvalue weighted by Crippen LogP contribution is 2.43. The van der Waals surface area contributed by atoms with Gasteiger partial charge in [-0.3, -0.25) is 10.1 Å². The Bertz CT molecular complexity index is 1170. The van der Waals surface area contributed by atoms with E-state index in [1.165, 1.54) is 38.1 Å². The third-order valence-electron chi connectivity index (χ3n) is 5.16. The third kappa shape index (κ3) is 3.04. The number of hydrogen-bond donors (Lipinski definition) is 1. The molecule has 5 heteroatoms. The zero-order chi connectivity index (χ0) is 20.2. The van der Waals surface area contributed by atoms with Gasteiger partial charge < -0.3 is 0 Å². The molecule has 0 saturated carbocycles. The molecule has 4 aromatic rings. The van der Waals surface area contributed by atoms with E-state index in [2.05, 4.69) is 81.8 Å². The fourth-order valence-electron chi connectivity index (χ4n) is 3.79. The van der Waals surface area contributed by atoms with Crippen molar-refractivity contribution in [1.82, 2.24) is 20.2 Å². The van der Waals surface area contributed by atoms with Crippen LogP contribution in [0.4, 0.5) is 0 Å². The number of nitrogens with one attached hydrogen (secondary N) is 1. The van der Waals surface area contributed by atoms with E-state index in [-0.39, 0.29) is 5.41 Å². The van der Waals surface area contributed by atoms with Gasteiger partial charge in [0.25, 0.3) is 0 Å². The average Bonchev–Trinajstić information content (AvgIpc) is 3.20. The number of rotatable bonds is 2. The summed E-state index contributed by atoms with van der Waals surface area (Å²) in [5, 5.41) is 8.79. The molecule has 0 aliphatic rings. The van der Waals surface area contributed by atoms with Gasteiger partial charge in [0.05, 0.1) is 4.70 Å². The lowest BCUT2D eigenvalue weighted by Crippen LogP contribution is -2.13. The molecule has 0 unspecified atom stereocenters. The zero-order valence-corrected chi connectivity index (χ0v) is 18.4. The summed E-state index contributed by atoms with van der Waals surface area (Å²) < 4.78 is 1.15. The molecule has 4 rings (SSSR count). The summed E-state index contributed by atoms with van der Waals surface area (Å²) in [5.74, 6) is 1.54. The number of aromatic amines is 1. The fourth-order valence-corrected chi connectivity index (χ4v) is 5.25. The lowest BCUT2D eigenvalue weighted by Gasteiger charge is -2.12. The maximum Gasteiger partial charge on any atom is 0.201 e. The second kappa shape index (κ2) is 6.52. The van der Waals surface area contributed by atoms with E-state index < -0.39 is 0 Å². The van der Waals surface area contributed by atoms with Crippen LogP contribution < -0.4 is 0 Å². The molecule has 3 heterocycles. The minimum Gasteiger partial charge on any atom is -0.262 e. The Hall–Kier alpha value is -2.53. The van der Waals surface area contributed by atoms with Gasteiger partial charge in [0.2, 0.25) is 5.82 Å². The van der Waals surface area contributed by atoms with Crippen LogP contribution in [0, 0.1) is 27.7 Å². The molecule has 0 fully saturated rings. The second-order valence-corrected chi connectivity index (χ2v) is 9.64. The molecule has 0 bridgehead atoms. The Labute approximate surface area is 170 Å². The van der Waals surface area contributed by atoms with Crippen molar-refractivity contribution in [2.75, 3.05) is 0 Å². The summed E-state index contributed by atoms with van der Waals surface area (Å²) in [7, 11) is 0. The van der Waals surface area contributed by atoms with E-state index in [0.717, 1.165) is 16.2 Å². The largest absolute Gasteiger partial charge is 0.262 e. The predicted octanol–water partition coefficient (Wildman–Crippen LogP) is 6.28. The van der Waals surface area contributed by atoms with Crippen LogP contribution in [0.5, 0.6) is 0 Å². The van der Waals surface area contributed by atoms with Gasteiger partial charge in [-0.05, 0) is 61.4 Å². The summed E-state index contributed by atoms with van der Waals surface area (Å²) >= 11 is 1.79. The molecule has 0 amide bonds. The van der Waals surface area contributed by atoms with Gasteiger partial charge in [-0.2, -0.15) is 5.10 Å². The van der Waals surface area contributed by atoms with Crippen molar-refractivity contribution in [3.63, 3.8) is 0 Å². The molecule has 144 valence electrons. The summed E-state index contributed by atoms with van der Waals surface area (Å²) in [4.78, 5) is 10.7. The maximum atomic E-state index is 4.74. The topological polar surface area (TPSA) is 54.5 Å². The molecule has 4 nitrogen and oxygen atoms in total. The first kappa shape index (κ1) is 18.8. The summed E-state index contributed by atoms with van der Waals surface area (Å²) in [6, 6.07) is 6.62. The van der Waals surface area contributed by atoms with Crippen molar-refractivity contribution in [3.8, 4) is 22.0 Å². The quantitative estimate of drug-likeness (QED) is 0.438. The number of hydrogen-bond acceptors (Lipinski definition) is 4. The van der Waals surface area contributed by atoms with Crippen LogP contribution >= 0.6 is 11.3 Å². The van der Waals surface area contributed by atoms with E-state index in [1.807, 2.05) is 6.20 Å². The molecule has 0 aliphatic heterocycles. The SMILES string of the molecule is Cc1cc(C)c(-c2sc3c(-c4n[nH]c(C(C)(C)C)n4)nccc3c2C)c(C)c1. The molecule has 3 aromatic heterocycles. The predicted molar refractivity (Wildman–Crippen MR) is 118 cm³/mol. The summed E-state index contributed by atoms with van der Waals surface area (Å²) in [5.41, 5.74) is 7.34. The fraction of sp³-hybridized carbons (Fsp3) is 0.348. The number of pyridine rings is 1. The maximum absolute atomic E-state index is 4.74. The molecule has 28 heavy (non-hydrogen) atoms. The highest BCUT2D eigenvalue weighted by molar-refractivity contribution is 7.23. The first-order valence-electron chi connectivity index (χ1n) is 9.56. The van der Waals surface area contributed by atoms with Gasteiger partial charge in [0, 0.05) is 16.5 Å². The molecule has 1 N–H and O–H groups in total. The van der Waals surface area contributed by atoms with Gasteiger partial charge >= 0.3 is 0 Å². The van der Waals surface area contributed by atoms with Gasteiger partial charge in [-0.15, -0.1) is 11.3 Å². The second-order valence-electron chi connectivity index (χ2n) is 8.62. The highest BCUT2D eigenvalue weighted by Gasteiger charge is 2.22. The van der Waals surface area contributed by atoms with Gasteiger partial charge in [0.1, 0.15) is 11.5 Å². The van der Waals surface area contributed by atoms with Crippen LogP contribution in [0.25, 0.3) is 32.0 Å². The van der Waals surface area contributed by atoms with Crippen LogP contribution in [0.1, 0.15) is 48.8 Å². The molecule has 0 radical (unpaired) electrons. The number of aryl methyl sites for hydroxylation is 4. The van der Waals surface area contributed by atoms with E-state index >= 15 is 0 Å². The number of nitrogens with zero attached hydrogens (tertiary/aromatic N) is 3. The molecule has 0 spiro atoms. The third-order valence-corrected chi connectivity index (χ3v) is 6.50. The standard InChI is InChI=1S/C23H26N4S/c1-12-10-13(2)17(14(3)11-12)19-15(4)16-8-9-24-18(20(16)28-19)21-25-22(27-26-21)23(5,6)7/h8-11H,1-7H3,(H,25,26,27). The molecule has 0 atom stereocenters. The molecule has 1 aromatic carbocycles. The van der Waals surface area contributed by atoms with Crippen molar-refractivity contribution in [3.05, 3.63) is 52.5 Å². The molecular weight excluding hydrogens is 364 g/mol. The van der Waals surface area contributed by atoms with Crippen LogP contribution in [-0.2, 0) is 5.41 Å². The smallest absolute Gasteiger partial charge is 0.201 e. The van der Waals surface area contributed by atoms with Crippen molar-refractivity contribution in [1.29, 1.82) is 0 Å². The highest BCUT2D eigenvalue weighted by atomic mass is 32.1. The van der Waals surface area contributed by atoms with Crippen LogP contribution in [0.3, 0.4) is 0 Å². The van der Waals surface area contributed by atoms with E-state index in [0.29, 0.717) is 5.82 Å². The van der Waals surface area contributed by atoms with Gasteiger partial charge in [0.15, 0.2) is 0 Å². The minimum atomic E-state index is -0.0776. The normalized spacial score (nSPS) is 12.1. The monoisotopic (exact) mass is 390 g/mol. The van der Waals surface area contributed by atoms with E-state index in [9.17, 15) is 0 Å². The number of thiophene rings is 1. The van der Waals surface area contributed by atoms with Crippen molar-refractivity contribution >= 4 is 21.4 Å². The first-order chi connectivity index (χ1) is 13.2. The lowest BCUT2D eigenvalue weighted by atomic mass is 9.96. The van der Waals surface area contributed by atoms with E-state index in [4.69, 9.17) is 4.98 Å². The Morgan fingerprint density at radius 1 is 1.00 bits per heavy atom.